The van der Waals surface area contributed by atoms with Crippen LogP contribution in [0.3, 0.4) is 0 Å². The van der Waals surface area contributed by atoms with E-state index in [2.05, 4.69) is 26.0 Å². The van der Waals surface area contributed by atoms with Gasteiger partial charge in [0.1, 0.15) is 5.54 Å². The topological polar surface area (TPSA) is 65.8 Å². The molecule has 0 radical (unpaired) electrons. The molecule has 4 nitrogen and oxygen atoms in total. The zero-order valence-electron chi connectivity index (χ0n) is 8.51. The second kappa shape index (κ2) is 3.77. The molecule has 0 N–H and O–H groups in total. The van der Waals surface area contributed by atoms with Crippen molar-refractivity contribution in [2.24, 2.45) is 5.11 Å². The van der Waals surface area contributed by atoms with Crippen molar-refractivity contribution in [3.8, 4) is 0 Å². The lowest BCUT2D eigenvalue weighted by Gasteiger charge is -2.28. The highest BCUT2D eigenvalue weighted by Crippen LogP contribution is 2.39. The Bertz CT molecular complexity index is 546. The fraction of sp³-hybridized carbons (Fsp3) is 0.182. The van der Waals surface area contributed by atoms with Gasteiger partial charge in [-0.3, -0.25) is 4.79 Å². The van der Waals surface area contributed by atoms with Gasteiger partial charge in [0.2, 0.25) is 0 Å². The van der Waals surface area contributed by atoms with Gasteiger partial charge in [0.05, 0.1) is 4.48 Å². The number of azide groups is 1. The summed E-state index contributed by atoms with van der Waals surface area (Å²) in [6.07, 6.45) is 1.74. The quantitative estimate of drug-likeness (QED) is 0.440. The lowest BCUT2D eigenvalue weighted by atomic mass is 9.81. The normalized spacial score (nSPS) is 23.1. The summed E-state index contributed by atoms with van der Waals surface area (Å²) in [6.45, 7) is 1.63. The molecule has 0 saturated carbocycles. The van der Waals surface area contributed by atoms with Gasteiger partial charge < -0.3 is 0 Å². The Morgan fingerprint density at radius 1 is 1.44 bits per heavy atom. The van der Waals surface area contributed by atoms with E-state index < -0.39 is 5.54 Å². The number of fused-ring (bicyclic) bond motifs is 1. The summed E-state index contributed by atoms with van der Waals surface area (Å²) >= 11 is 3.20. The summed E-state index contributed by atoms with van der Waals surface area (Å²) in [5.74, 6) is -0.219. The summed E-state index contributed by atoms with van der Waals surface area (Å²) in [6, 6.07) is 7.39. The number of benzene rings is 1. The fourth-order valence-corrected chi connectivity index (χ4v) is 2.44. The summed E-state index contributed by atoms with van der Waals surface area (Å²) in [5, 5.41) is 3.65. The molecule has 80 valence electrons. The number of hydrogen-bond donors (Lipinski definition) is 0. The van der Waals surface area contributed by atoms with E-state index in [0.29, 0.717) is 4.48 Å². The second-order valence-electron chi connectivity index (χ2n) is 3.67. The van der Waals surface area contributed by atoms with E-state index in [1.54, 1.807) is 19.1 Å². The van der Waals surface area contributed by atoms with E-state index in [1.165, 1.54) is 0 Å². The van der Waals surface area contributed by atoms with Gasteiger partial charge in [-0.1, -0.05) is 29.4 Å². The maximum absolute atomic E-state index is 12.0. The van der Waals surface area contributed by atoms with Crippen LogP contribution in [-0.2, 0) is 10.3 Å². The summed E-state index contributed by atoms with van der Waals surface area (Å²) in [5.41, 5.74) is 9.06. The van der Waals surface area contributed by atoms with Crippen LogP contribution in [0, 0.1) is 0 Å². The summed E-state index contributed by atoms with van der Waals surface area (Å²) in [4.78, 5) is 14.8. The Morgan fingerprint density at radius 2 is 2.12 bits per heavy atom. The molecule has 1 atom stereocenters. The minimum atomic E-state index is -1.15. The van der Waals surface area contributed by atoms with Crippen molar-refractivity contribution in [1.29, 1.82) is 0 Å². The molecule has 16 heavy (non-hydrogen) atoms. The van der Waals surface area contributed by atoms with Crippen molar-refractivity contribution in [3.63, 3.8) is 0 Å². The van der Waals surface area contributed by atoms with E-state index in [9.17, 15) is 4.79 Å². The number of halogens is 1. The van der Waals surface area contributed by atoms with Gasteiger partial charge in [0.15, 0.2) is 5.78 Å². The number of Topliss-reactive ketones (excluding diaryl/α,β-unsaturated/α-hetero) is 1. The van der Waals surface area contributed by atoms with E-state index in [-0.39, 0.29) is 5.78 Å². The van der Waals surface area contributed by atoms with Gasteiger partial charge in [-0.25, -0.2) is 0 Å². The van der Waals surface area contributed by atoms with Gasteiger partial charge in [-0.2, -0.15) is 0 Å². The molecule has 0 aromatic heterocycles. The first-order valence-corrected chi connectivity index (χ1v) is 5.46. The molecule has 0 saturated heterocycles. The predicted molar refractivity (Wildman–Crippen MR) is 64.9 cm³/mol. The molecule has 0 amide bonds. The first kappa shape index (κ1) is 10.9. The van der Waals surface area contributed by atoms with Gasteiger partial charge in [-0.15, -0.1) is 0 Å². The Morgan fingerprint density at radius 3 is 2.81 bits per heavy atom. The van der Waals surface area contributed by atoms with Crippen molar-refractivity contribution < 1.29 is 4.79 Å². The summed E-state index contributed by atoms with van der Waals surface area (Å²) in [7, 11) is 0. The third-order valence-electron chi connectivity index (χ3n) is 2.67. The SMILES string of the molecule is CC1(N=[N+]=[N-])C(=O)C(Br)=Cc2ccccc21. The van der Waals surface area contributed by atoms with Crippen LogP contribution in [0.15, 0.2) is 33.9 Å². The van der Waals surface area contributed by atoms with Gasteiger partial charge in [0, 0.05) is 4.91 Å². The van der Waals surface area contributed by atoms with Gasteiger partial charge in [0.25, 0.3) is 0 Å². The standard InChI is InChI=1S/C11H8BrN3O/c1-11(14-15-13)8-5-3-2-4-7(8)6-9(12)10(11)16/h2-6H,1H3. The minimum Gasteiger partial charge on any atom is -0.292 e. The Balaban J connectivity index is 2.76. The Kier molecular flexibility index (Phi) is 2.58. The number of rotatable bonds is 1. The molecule has 0 spiro atoms. The fourth-order valence-electron chi connectivity index (χ4n) is 1.81. The number of nitrogens with zero attached hydrogens (tertiary/aromatic N) is 3. The largest absolute Gasteiger partial charge is 0.292 e. The molecule has 0 heterocycles. The first-order chi connectivity index (χ1) is 7.59. The average molecular weight is 278 g/mol. The predicted octanol–water partition coefficient (Wildman–Crippen LogP) is 3.53. The molecular formula is C11H8BrN3O. The van der Waals surface area contributed by atoms with Crippen molar-refractivity contribution >= 4 is 27.8 Å². The van der Waals surface area contributed by atoms with E-state index >= 15 is 0 Å². The zero-order valence-corrected chi connectivity index (χ0v) is 10.1. The molecule has 0 fully saturated rings. The number of hydrogen-bond acceptors (Lipinski definition) is 2. The average Bonchev–Trinajstić information content (AvgIpc) is 2.27. The van der Waals surface area contributed by atoms with Crippen LogP contribution in [0.1, 0.15) is 18.1 Å². The Hall–Kier alpha value is -1.58. The van der Waals surface area contributed by atoms with E-state index in [1.807, 2.05) is 18.2 Å². The highest BCUT2D eigenvalue weighted by Gasteiger charge is 2.39. The van der Waals surface area contributed by atoms with Gasteiger partial charge in [-0.05, 0) is 45.6 Å². The van der Waals surface area contributed by atoms with Crippen LogP contribution in [0.25, 0.3) is 16.5 Å². The van der Waals surface area contributed by atoms with Crippen molar-refractivity contribution in [3.05, 3.63) is 50.3 Å². The monoisotopic (exact) mass is 277 g/mol. The number of carbonyl (C=O) groups excluding carboxylic acids is 1. The third-order valence-corrected chi connectivity index (χ3v) is 3.26. The van der Waals surface area contributed by atoms with Crippen LogP contribution in [-0.4, -0.2) is 5.78 Å². The van der Waals surface area contributed by atoms with Crippen molar-refractivity contribution in [1.82, 2.24) is 0 Å². The van der Waals surface area contributed by atoms with Crippen molar-refractivity contribution in [2.75, 3.05) is 0 Å². The molecule has 1 aromatic rings. The second-order valence-corrected chi connectivity index (χ2v) is 4.52. The number of ketones is 1. The molecule has 0 bridgehead atoms. The molecule has 5 heteroatoms. The highest BCUT2D eigenvalue weighted by molar-refractivity contribution is 9.12. The molecule has 1 unspecified atom stereocenters. The maximum atomic E-state index is 12.0. The zero-order chi connectivity index (χ0) is 11.8. The lowest BCUT2D eigenvalue weighted by molar-refractivity contribution is -0.119. The molecule has 1 aliphatic rings. The van der Waals surface area contributed by atoms with E-state index in [4.69, 9.17) is 5.53 Å². The van der Waals surface area contributed by atoms with Crippen molar-refractivity contribution in [2.45, 2.75) is 12.5 Å². The molecule has 0 aliphatic heterocycles. The molecular weight excluding hydrogens is 270 g/mol. The Labute approximate surface area is 101 Å². The van der Waals surface area contributed by atoms with Gasteiger partial charge >= 0.3 is 0 Å². The molecule has 1 aliphatic carbocycles. The number of carbonyl (C=O) groups is 1. The molecule has 2 rings (SSSR count). The smallest absolute Gasteiger partial charge is 0.185 e. The maximum Gasteiger partial charge on any atom is 0.185 e. The van der Waals surface area contributed by atoms with Crippen LogP contribution >= 0.6 is 15.9 Å². The third kappa shape index (κ3) is 1.45. The van der Waals surface area contributed by atoms with Crippen LogP contribution in [0.4, 0.5) is 0 Å². The van der Waals surface area contributed by atoms with Crippen LogP contribution < -0.4 is 0 Å². The highest BCUT2D eigenvalue weighted by atomic mass is 79.9. The first-order valence-electron chi connectivity index (χ1n) is 4.67. The summed E-state index contributed by atoms with van der Waals surface area (Å²) < 4.78 is 0.432. The lowest BCUT2D eigenvalue weighted by Crippen LogP contribution is -2.33. The van der Waals surface area contributed by atoms with E-state index in [0.717, 1.165) is 11.1 Å². The minimum absolute atomic E-state index is 0.219. The van der Waals surface area contributed by atoms with Crippen LogP contribution in [0.5, 0.6) is 0 Å². The van der Waals surface area contributed by atoms with Crippen LogP contribution in [0.2, 0.25) is 0 Å². The molecule has 1 aromatic carbocycles.